The number of rotatable bonds is 3. The summed E-state index contributed by atoms with van der Waals surface area (Å²) in [5.41, 5.74) is 7.20. The van der Waals surface area contributed by atoms with Crippen LogP contribution in [0.4, 0.5) is 0 Å². The number of hydrogen-bond acceptors (Lipinski definition) is 3. The summed E-state index contributed by atoms with van der Waals surface area (Å²) in [6.45, 7) is 6.81. The molecular formula is C14H21ClN2O. The van der Waals surface area contributed by atoms with E-state index in [9.17, 15) is 0 Å². The Balaban J connectivity index is 2.04. The van der Waals surface area contributed by atoms with E-state index in [2.05, 4.69) is 24.0 Å². The van der Waals surface area contributed by atoms with Gasteiger partial charge in [-0.25, -0.2) is 0 Å². The van der Waals surface area contributed by atoms with Gasteiger partial charge in [-0.1, -0.05) is 23.7 Å². The van der Waals surface area contributed by atoms with Gasteiger partial charge in [-0.3, -0.25) is 4.90 Å². The predicted molar refractivity (Wildman–Crippen MR) is 74.8 cm³/mol. The van der Waals surface area contributed by atoms with E-state index in [1.807, 2.05) is 19.1 Å². The summed E-state index contributed by atoms with van der Waals surface area (Å²) in [6.07, 6.45) is 0.133. The van der Waals surface area contributed by atoms with Crippen LogP contribution in [0, 0.1) is 0 Å². The van der Waals surface area contributed by atoms with Crippen LogP contribution in [0.5, 0.6) is 0 Å². The molecule has 2 rings (SSSR count). The molecule has 3 unspecified atom stereocenters. The Kier molecular flexibility index (Phi) is 4.62. The van der Waals surface area contributed by atoms with Gasteiger partial charge < -0.3 is 10.5 Å². The Morgan fingerprint density at radius 3 is 2.61 bits per heavy atom. The molecule has 4 heteroatoms. The lowest BCUT2D eigenvalue weighted by Crippen LogP contribution is -2.50. The highest BCUT2D eigenvalue weighted by atomic mass is 35.5. The van der Waals surface area contributed by atoms with Gasteiger partial charge in [0.2, 0.25) is 0 Å². The monoisotopic (exact) mass is 268 g/mol. The highest BCUT2D eigenvalue weighted by Crippen LogP contribution is 2.24. The Morgan fingerprint density at radius 1 is 1.33 bits per heavy atom. The van der Waals surface area contributed by atoms with E-state index in [0.29, 0.717) is 6.04 Å². The average molecular weight is 269 g/mol. The Bertz CT molecular complexity index is 380. The van der Waals surface area contributed by atoms with Crippen LogP contribution in [0.2, 0.25) is 5.02 Å². The minimum absolute atomic E-state index is 0.0743. The number of nitrogens with zero attached hydrogens (tertiary/aromatic N) is 1. The third-order valence-electron chi connectivity index (χ3n) is 3.61. The molecule has 18 heavy (non-hydrogen) atoms. The summed E-state index contributed by atoms with van der Waals surface area (Å²) < 4.78 is 5.69. The van der Waals surface area contributed by atoms with Gasteiger partial charge in [0.15, 0.2) is 0 Å². The van der Waals surface area contributed by atoms with E-state index < -0.39 is 0 Å². The second-order valence-electron chi connectivity index (χ2n) is 4.99. The zero-order chi connectivity index (χ0) is 13.1. The molecule has 0 aliphatic carbocycles. The van der Waals surface area contributed by atoms with Crippen LogP contribution < -0.4 is 5.73 Å². The van der Waals surface area contributed by atoms with Gasteiger partial charge in [0.05, 0.1) is 12.7 Å². The van der Waals surface area contributed by atoms with E-state index in [1.54, 1.807) is 0 Å². The number of halogens is 1. The van der Waals surface area contributed by atoms with Crippen LogP contribution in [0.15, 0.2) is 24.3 Å². The lowest BCUT2D eigenvalue weighted by atomic mass is 10.0. The van der Waals surface area contributed by atoms with Crippen molar-refractivity contribution in [1.82, 2.24) is 4.90 Å². The molecule has 1 heterocycles. The molecule has 100 valence electrons. The molecule has 1 aliphatic rings. The Hall–Kier alpha value is -0.610. The second kappa shape index (κ2) is 6.02. The number of nitrogens with two attached hydrogens (primary N) is 1. The van der Waals surface area contributed by atoms with Gasteiger partial charge in [-0.05, 0) is 31.5 Å². The second-order valence-corrected chi connectivity index (χ2v) is 5.43. The third-order valence-corrected chi connectivity index (χ3v) is 3.86. The maximum atomic E-state index is 5.92. The largest absolute Gasteiger partial charge is 0.374 e. The third kappa shape index (κ3) is 3.23. The summed E-state index contributed by atoms with van der Waals surface area (Å²) in [5.74, 6) is 0. The molecule has 2 N–H and O–H groups in total. The molecule has 0 spiro atoms. The molecule has 3 nitrogen and oxygen atoms in total. The van der Waals surface area contributed by atoms with Crippen LogP contribution in [0.3, 0.4) is 0 Å². The fourth-order valence-corrected chi connectivity index (χ4v) is 2.44. The van der Waals surface area contributed by atoms with Crippen molar-refractivity contribution in [2.75, 3.05) is 19.7 Å². The zero-order valence-corrected chi connectivity index (χ0v) is 11.7. The minimum Gasteiger partial charge on any atom is -0.374 e. The number of hydrogen-bond donors (Lipinski definition) is 1. The first-order valence-electron chi connectivity index (χ1n) is 6.44. The zero-order valence-electron chi connectivity index (χ0n) is 11.0. The van der Waals surface area contributed by atoms with Crippen LogP contribution in [-0.4, -0.2) is 36.7 Å². The fraction of sp³-hybridized carbons (Fsp3) is 0.571. The normalized spacial score (nSPS) is 24.8. The van der Waals surface area contributed by atoms with Crippen molar-refractivity contribution in [2.45, 2.75) is 32.0 Å². The molecule has 1 fully saturated rings. The van der Waals surface area contributed by atoms with Crippen LogP contribution in [-0.2, 0) is 4.74 Å². The summed E-state index contributed by atoms with van der Waals surface area (Å²) in [7, 11) is 0. The summed E-state index contributed by atoms with van der Waals surface area (Å²) >= 11 is 5.92. The van der Waals surface area contributed by atoms with Crippen molar-refractivity contribution in [3.8, 4) is 0 Å². The van der Waals surface area contributed by atoms with Gasteiger partial charge >= 0.3 is 0 Å². The summed E-state index contributed by atoms with van der Waals surface area (Å²) in [5, 5.41) is 0.779. The number of benzene rings is 1. The summed E-state index contributed by atoms with van der Waals surface area (Å²) in [6, 6.07) is 8.50. The Labute approximate surface area is 114 Å². The van der Waals surface area contributed by atoms with Gasteiger partial charge in [0, 0.05) is 30.2 Å². The highest BCUT2D eigenvalue weighted by Gasteiger charge is 2.26. The maximum Gasteiger partial charge on any atom is 0.0850 e. The molecule has 1 aromatic rings. The Morgan fingerprint density at radius 2 is 2.00 bits per heavy atom. The molecule has 0 saturated carbocycles. The maximum absolute atomic E-state index is 5.92. The van der Waals surface area contributed by atoms with Crippen molar-refractivity contribution < 1.29 is 4.74 Å². The van der Waals surface area contributed by atoms with E-state index >= 15 is 0 Å². The molecule has 0 bridgehead atoms. The van der Waals surface area contributed by atoms with E-state index in [-0.39, 0.29) is 12.1 Å². The number of morpholine rings is 1. The minimum atomic E-state index is 0.0743. The van der Waals surface area contributed by atoms with Crippen molar-refractivity contribution in [1.29, 1.82) is 0 Å². The summed E-state index contributed by atoms with van der Waals surface area (Å²) in [4.78, 5) is 2.42. The van der Waals surface area contributed by atoms with Crippen LogP contribution in [0.25, 0.3) is 0 Å². The van der Waals surface area contributed by atoms with Crippen molar-refractivity contribution in [2.24, 2.45) is 5.73 Å². The van der Waals surface area contributed by atoms with Crippen LogP contribution in [0.1, 0.15) is 25.5 Å². The van der Waals surface area contributed by atoms with E-state index in [1.165, 1.54) is 5.56 Å². The molecule has 1 saturated heterocycles. The quantitative estimate of drug-likeness (QED) is 0.915. The lowest BCUT2D eigenvalue weighted by molar-refractivity contribution is -0.0498. The molecule has 0 amide bonds. The predicted octanol–water partition coefficient (Wildman–Crippen LogP) is 2.45. The highest BCUT2D eigenvalue weighted by molar-refractivity contribution is 6.30. The molecule has 0 aromatic heterocycles. The fourth-order valence-electron chi connectivity index (χ4n) is 2.32. The average Bonchev–Trinajstić information content (AvgIpc) is 2.39. The first-order chi connectivity index (χ1) is 8.58. The van der Waals surface area contributed by atoms with E-state index in [4.69, 9.17) is 22.1 Å². The van der Waals surface area contributed by atoms with Gasteiger partial charge in [0.1, 0.15) is 0 Å². The van der Waals surface area contributed by atoms with E-state index in [0.717, 1.165) is 24.7 Å². The molecular weight excluding hydrogens is 248 g/mol. The molecule has 1 aromatic carbocycles. The molecule has 0 radical (unpaired) electrons. The SMILES string of the molecule is CC(N)C1CN(C(C)c2ccc(Cl)cc2)CCO1. The van der Waals surface area contributed by atoms with Gasteiger partial charge in [0.25, 0.3) is 0 Å². The standard InChI is InChI=1S/C14H21ClN2O/c1-10(16)14-9-17(7-8-18-14)11(2)12-3-5-13(15)6-4-12/h3-6,10-11,14H,7-9,16H2,1-2H3. The first-order valence-corrected chi connectivity index (χ1v) is 6.82. The van der Waals surface area contributed by atoms with Crippen molar-refractivity contribution in [3.63, 3.8) is 0 Å². The van der Waals surface area contributed by atoms with Crippen molar-refractivity contribution >= 4 is 11.6 Å². The lowest BCUT2D eigenvalue weighted by Gasteiger charge is -2.38. The smallest absolute Gasteiger partial charge is 0.0850 e. The van der Waals surface area contributed by atoms with Crippen molar-refractivity contribution in [3.05, 3.63) is 34.9 Å². The molecule has 1 aliphatic heterocycles. The topological polar surface area (TPSA) is 38.5 Å². The van der Waals surface area contributed by atoms with Gasteiger partial charge in [-0.15, -0.1) is 0 Å². The van der Waals surface area contributed by atoms with Gasteiger partial charge in [-0.2, -0.15) is 0 Å². The van der Waals surface area contributed by atoms with Crippen LogP contribution >= 0.6 is 11.6 Å². The molecule has 3 atom stereocenters. The number of ether oxygens (including phenoxy) is 1. The first kappa shape index (κ1) is 13.8.